The van der Waals surface area contributed by atoms with E-state index >= 15 is 0 Å². The third kappa shape index (κ3) is 4.45. The smallest absolute Gasteiger partial charge is 0.251 e. The van der Waals surface area contributed by atoms with E-state index in [2.05, 4.69) is 12.2 Å². The zero-order valence-electron chi connectivity index (χ0n) is 10.3. The number of amides is 1. The Morgan fingerprint density at radius 1 is 1.39 bits per heavy atom. The fourth-order valence-electron chi connectivity index (χ4n) is 1.50. The predicted octanol–water partition coefficient (Wildman–Crippen LogP) is 2.48. The maximum absolute atomic E-state index is 11.7. The molecule has 0 bridgehead atoms. The first-order valence-corrected chi connectivity index (χ1v) is 6.44. The Morgan fingerprint density at radius 3 is 2.72 bits per heavy atom. The Labute approximate surface area is 112 Å². The van der Waals surface area contributed by atoms with Gasteiger partial charge in [0, 0.05) is 18.0 Å². The quantitative estimate of drug-likeness (QED) is 0.423. The van der Waals surface area contributed by atoms with Crippen molar-refractivity contribution in [3.05, 3.63) is 23.8 Å². The maximum Gasteiger partial charge on any atom is 0.251 e. The summed E-state index contributed by atoms with van der Waals surface area (Å²) in [5.41, 5.74) is 0.329. The monoisotopic (exact) mass is 271 g/mol. The molecule has 1 atom stereocenters. The van der Waals surface area contributed by atoms with Crippen molar-refractivity contribution in [2.75, 3.05) is 12.4 Å². The second-order valence-corrected chi connectivity index (χ2v) is 4.67. The second kappa shape index (κ2) is 7.11. The Morgan fingerprint density at radius 2 is 2.11 bits per heavy atom. The van der Waals surface area contributed by atoms with E-state index in [1.54, 1.807) is 0 Å². The topological polar surface area (TPSA) is 69.6 Å². The molecule has 1 aromatic rings. The summed E-state index contributed by atoms with van der Waals surface area (Å²) in [6.07, 6.45) is 1.83. The highest BCUT2D eigenvalue weighted by Crippen LogP contribution is 2.24. The number of hydrogen-bond acceptors (Lipinski definition) is 3. The molecule has 1 aromatic carbocycles. The lowest BCUT2D eigenvalue weighted by atomic mass is 10.1. The van der Waals surface area contributed by atoms with Gasteiger partial charge in [-0.1, -0.05) is 6.92 Å². The van der Waals surface area contributed by atoms with Crippen molar-refractivity contribution >= 4 is 17.5 Å². The van der Waals surface area contributed by atoms with Crippen LogP contribution in [0, 0.1) is 5.92 Å². The molecule has 0 aliphatic rings. The van der Waals surface area contributed by atoms with Crippen LogP contribution < -0.4 is 5.32 Å². The summed E-state index contributed by atoms with van der Waals surface area (Å²) in [6, 6.07) is 4.00. The van der Waals surface area contributed by atoms with Crippen LogP contribution in [-0.2, 0) is 0 Å². The van der Waals surface area contributed by atoms with Gasteiger partial charge in [-0.05, 0) is 37.0 Å². The van der Waals surface area contributed by atoms with Crippen LogP contribution in [0.2, 0.25) is 0 Å². The number of carbonyl (C=O) groups excluding carboxylic acids is 1. The van der Waals surface area contributed by atoms with Crippen molar-refractivity contribution in [3.8, 4) is 11.5 Å². The zero-order valence-corrected chi connectivity index (χ0v) is 11.1. The highest BCUT2D eigenvalue weighted by atomic mass is 35.5. The maximum atomic E-state index is 11.7. The van der Waals surface area contributed by atoms with Crippen molar-refractivity contribution in [1.82, 2.24) is 5.32 Å². The Kier molecular flexibility index (Phi) is 5.78. The van der Waals surface area contributed by atoms with Crippen molar-refractivity contribution in [1.29, 1.82) is 0 Å². The van der Waals surface area contributed by atoms with Gasteiger partial charge in [0.15, 0.2) is 11.5 Å². The number of alkyl halides is 1. The van der Waals surface area contributed by atoms with Gasteiger partial charge in [-0.25, -0.2) is 0 Å². The summed E-state index contributed by atoms with van der Waals surface area (Å²) in [5, 5.41) is 21.2. The van der Waals surface area contributed by atoms with Gasteiger partial charge < -0.3 is 15.5 Å². The van der Waals surface area contributed by atoms with Gasteiger partial charge in [-0.15, -0.1) is 11.6 Å². The van der Waals surface area contributed by atoms with Gasteiger partial charge in [0.1, 0.15) is 0 Å². The summed E-state index contributed by atoms with van der Waals surface area (Å²) < 4.78 is 0. The first-order valence-electron chi connectivity index (χ1n) is 5.90. The molecule has 0 aliphatic carbocycles. The van der Waals surface area contributed by atoms with E-state index in [0.717, 1.165) is 12.8 Å². The fourth-order valence-corrected chi connectivity index (χ4v) is 1.65. The van der Waals surface area contributed by atoms with E-state index in [0.29, 0.717) is 23.9 Å². The number of rotatable bonds is 6. The second-order valence-electron chi connectivity index (χ2n) is 4.36. The van der Waals surface area contributed by atoms with E-state index in [9.17, 15) is 9.90 Å². The molecule has 0 spiro atoms. The summed E-state index contributed by atoms with van der Waals surface area (Å²) >= 11 is 5.68. The normalized spacial score (nSPS) is 12.1. The van der Waals surface area contributed by atoms with Crippen LogP contribution in [0.25, 0.3) is 0 Å². The van der Waals surface area contributed by atoms with Crippen molar-refractivity contribution < 1.29 is 15.0 Å². The van der Waals surface area contributed by atoms with Crippen LogP contribution in [0.4, 0.5) is 0 Å². The Balaban J connectivity index is 2.39. The van der Waals surface area contributed by atoms with Gasteiger partial charge in [0.2, 0.25) is 0 Å². The molecule has 0 heterocycles. The van der Waals surface area contributed by atoms with Crippen LogP contribution in [0.1, 0.15) is 30.1 Å². The van der Waals surface area contributed by atoms with Crippen LogP contribution >= 0.6 is 11.6 Å². The van der Waals surface area contributed by atoms with Gasteiger partial charge in [-0.2, -0.15) is 0 Å². The standard InChI is InChI=1S/C13H18ClNO3/c1-9(8-14)3-2-6-15-13(18)10-4-5-11(16)12(17)7-10/h4-5,7,9,16-17H,2-3,6,8H2,1H3,(H,15,18). The Hall–Kier alpha value is -1.42. The van der Waals surface area contributed by atoms with Crippen LogP contribution in [0.3, 0.4) is 0 Å². The lowest BCUT2D eigenvalue weighted by molar-refractivity contribution is 0.0952. The van der Waals surface area contributed by atoms with Crippen molar-refractivity contribution in [2.45, 2.75) is 19.8 Å². The average Bonchev–Trinajstić information content (AvgIpc) is 2.37. The van der Waals surface area contributed by atoms with E-state index in [4.69, 9.17) is 16.7 Å². The van der Waals surface area contributed by atoms with E-state index < -0.39 is 0 Å². The number of hydrogen-bond donors (Lipinski definition) is 3. The highest BCUT2D eigenvalue weighted by molar-refractivity contribution is 6.18. The third-order valence-corrected chi connectivity index (χ3v) is 3.19. The minimum atomic E-state index is -0.293. The molecule has 5 heteroatoms. The number of aromatic hydroxyl groups is 2. The molecule has 0 radical (unpaired) electrons. The highest BCUT2D eigenvalue weighted by Gasteiger charge is 2.08. The number of phenolic OH excluding ortho intramolecular Hbond substituents is 2. The molecular weight excluding hydrogens is 254 g/mol. The van der Waals surface area contributed by atoms with E-state index in [1.165, 1.54) is 18.2 Å². The van der Waals surface area contributed by atoms with Crippen molar-refractivity contribution in [2.24, 2.45) is 5.92 Å². The number of halogens is 1. The number of benzene rings is 1. The van der Waals surface area contributed by atoms with Gasteiger partial charge in [0.25, 0.3) is 5.91 Å². The first-order chi connectivity index (χ1) is 8.54. The summed E-state index contributed by atoms with van der Waals surface area (Å²) in [7, 11) is 0. The van der Waals surface area contributed by atoms with Gasteiger partial charge >= 0.3 is 0 Å². The van der Waals surface area contributed by atoms with Crippen LogP contribution in [-0.4, -0.2) is 28.5 Å². The van der Waals surface area contributed by atoms with Gasteiger partial charge in [0.05, 0.1) is 0 Å². The predicted molar refractivity (Wildman–Crippen MR) is 71.2 cm³/mol. The molecule has 1 rings (SSSR count). The molecule has 1 unspecified atom stereocenters. The largest absolute Gasteiger partial charge is 0.504 e. The molecule has 0 fully saturated rings. The Bertz CT molecular complexity index is 409. The molecule has 3 N–H and O–H groups in total. The van der Waals surface area contributed by atoms with E-state index in [-0.39, 0.29) is 17.4 Å². The first kappa shape index (κ1) is 14.6. The lowest BCUT2D eigenvalue weighted by Crippen LogP contribution is -2.24. The summed E-state index contributed by atoms with van der Waals surface area (Å²) in [5.74, 6) is 0.283. The van der Waals surface area contributed by atoms with Crippen LogP contribution in [0.5, 0.6) is 11.5 Å². The van der Waals surface area contributed by atoms with Gasteiger partial charge in [-0.3, -0.25) is 4.79 Å². The fraction of sp³-hybridized carbons (Fsp3) is 0.462. The molecule has 1 amide bonds. The molecule has 18 heavy (non-hydrogen) atoms. The lowest BCUT2D eigenvalue weighted by Gasteiger charge is -2.08. The van der Waals surface area contributed by atoms with E-state index in [1.807, 2.05) is 0 Å². The molecule has 0 aliphatic heterocycles. The molecule has 100 valence electrons. The average molecular weight is 272 g/mol. The summed E-state index contributed by atoms with van der Waals surface area (Å²) in [4.78, 5) is 11.7. The molecule has 4 nitrogen and oxygen atoms in total. The molecular formula is C13H18ClNO3. The summed E-state index contributed by atoms with van der Waals surface area (Å²) in [6.45, 7) is 2.63. The number of phenols is 2. The van der Waals surface area contributed by atoms with Crippen LogP contribution in [0.15, 0.2) is 18.2 Å². The SMILES string of the molecule is CC(CCl)CCCNC(=O)c1ccc(O)c(O)c1. The number of carbonyl (C=O) groups is 1. The minimum Gasteiger partial charge on any atom is -0.504 e. The number of nitrogens with one attached hydrogen (secondary N) is 1. The third-order valence-electron chi connectivity index (χ3n) is 2.66. The molecule has 0 saturated carbocycles. The van der Waals surface area contributed by atoms with Crippen molar-refractivity contribution in [3.63, 3.8) is 0 Å². The zero-order chi connectivity index (χ0) is 13.5. The minimum absolute atomic E-state index is 0.234. The molecule has 0 aromatic heterocycles. The molecule has 0 saturated heterocycles.